The lowest BCUT2D eigenvalue weighted by molar-refractivity contribution is 0.526. The number of rotatable bonds is 2. The number of nitrogens with one attached hydrogen (secondary N) is 1. The second kappa shape index (κ2) is 3.25. The van der Waals surface area contributed by atoms with Gasteiger partial charge in [-0.15, -0.1) is 5.10 Å². The molecule has 0 aliphatic rings. The number of anilines is 1. The Hall–Kier alpha value is -1.65. The van der Waals surface area contributed by atoms with Crippen molar-refractivity contribution in [3.05, 3.63) is 12.3 Å². The molecule has 2 rings (SSSR count). The molecule has 5 nitrogen and oxygen atoms in total. The Balaban J connectivity index is 2.59. The van der Waals surface area contributed by atoms with Crippen LogP contribution in [-0.4, -0.2) is 27.0 Å². The van der Waals surface area contributed by atoms with E-state index in [0.29, 0.717) is 0 Å². The van der Waals surface area contributed by atoms with Crippen molar-refractivity contribution >= 4 is 16.9 Å². The summed E-state index contributed by atoms with van der Waals surface area (Å²) in [5, 5.41) is 11.1. The largest absolute Gasteiger partial charge is 0.387 e. The van der Waals surface area contributed by atoms with Crippen LogP contribution in [0, 0.1) is 0 Å². The monoisotopic (exact) mass is 191 g/mol. The molecule has 0 amide bonds. The molecule has 0 aromatic carbocycles. The van der Waals surface area contributed by atoms with E-state index in [9.17, 15) is 0 Å². The molecule has 2 aromatic rings. The number of pyridine rings is 1. The minimum absolute atomic E-state index is 0.285. The smallest absolute Gasteiger partial charge is 0.178 e. The molecule has 0 aliphatic heterocycles. The Kier molecular flexibility index (Phi) is 2.07. The molecule has 0 atom stereocenters. The number of fused-ring (bicyclic) bond motifs is 1. The van der Waals surface area contributed by atoms with E-state index in [1.165, 1.54) is 0 Å². The number of nitrogens with zero attached hydrogens (tertiary/aromatic N) is 4. The zero-order valence-electron chi connectivity index (χ0n) is 8.52. The van der Waals surface area contributed by atoms with E-state index >= 15 is 0 Å². The Bertz CT molecular complexity index is 445. The van der Waals surface area contributed by atoms with Crippen LogP contribution >= 0.6 is 0 Å². The summed E-state index contributed by atoms with van der Waals surface area (Å²) in [7, 11) is 1.86. The van der Waals surface area contributed by atoms with E-state index < -0.39 is 0 Å². The zero-order valence-corrected chi connectivity index (χ0v) is 8.52. The maximum atomic E-state index is 4.31. The molecule has 0 saturated heterocycles. The fraction of sp³-hybridized carbons (Fsp3) is 0.444. The van der Waals surface area contributed by atoms with Crippen LogP contribution in [-0.2, 0) is 0 Å². The lowest BCUT2D eigenvalue weighted by Gasteiger charge is -2.04. The molecule has 0 fully saturated rings. The predicted octanol–water partition coefficient (Wildman–Crippen LogP) is 1.45. The van der Waals surface area contributed by atoms with Gasteiger partial charge in [0, 0.05) is 7.05 Å². The fourth-order valence-electron chi connectivity index (χ4n) is 1.32. The minimum atomic E-state index is 0.285. The maximum absolute atomic E-state index is 4.31. The van der Waals surface area contributed by atoms with E-state index in [2.05, 4.69) is 34.5 Å². The van der Waals surface area contributed by atoms with Gasteiger partial charge in [-0.3, -0.25) is 0 Å². The molecule has 5 heteroatoms. The summed E-state index contributed by atoms with van der Waals surface area (Å²) in [6.45, 7) is 4.11. The summed E-state index contributed by atoms with van der Waals surface area (Å²) in [6, 6.07) is 2.22. The lowest BCUT2D eigenvalue weighted by atomic mass is 10.3. The van der Waals surface area contributed by atoms with Crippen LogP contribution in [0.1, 0.15) is 19.9 Å². The van der Waals surface area contributed by atoms with Crippen LogP contribution in [0.2, 0.25) is 0 Å². The molecule has 0 bridgehead atoms. The van der Waals surface area contributed by atoms with Gasteiger partial charge in [0.1, 0.15) is 5.52 Å². The first kappa shape index (κ1) is 8.93. The topological polar surface area (TPSA) is 55.6 Å². The first-order chi connectivity index (χ1) is 6.72. The first-order valence-corrected chi connectivity index (χ1v) is 4.61. The van der Waals surface area contributed by atoms with Gasteiger partial charge in [-0.05, 0) is 19.9 Å². The van der Waals surface area contributed by atoms with Gasteiger partial charge in [-0.25, -0.2) is 9.67 Å². The predicted molar refractivity (Wildman–Crippen MR) is 55.3 cm³/mol. The van der Waals surface area contributed by atoms with Crippen molar-refractivity contribution in [2.24, 2.45) is 0 Å². The highest BCUT2D eigenvalue weighted by Gasteiger charge is 2.08. The Morgan fingerprint density at radius 1 is 1.43 bits per heavy atom. The molecule has 0 spiro atoms. The van der Waals surface area contributed by atoms with Gasteiger partial charge >= 0.3 is 0 Å². The SMILES string of the molecule is CNc1cnc2c(c1)nnn2C(C)C. The van der Waals surface area contributed by atoms with Gasteiger partial charge in [0.15, 0.2) is 5.65 Å². The van der Waals surface area contributed by atoms with Crippen molar-refractivity contribution < 1.29 is 0 Å². The maximum Gasteiger partial charge on any atom is 0.178 e. The molecule has 0 saturated carbocycles. The van der Waals surface area contributed by atoms with E-state index in [1.54, 1.807) is 6.20 Å². The molecule has 1 N–H and O–H groups in total. The Morgan fingerprint density at radius 2 is 2.21 bits per heavy atom. The molecule has 14 heavy (non-hydrogen) atoms. The van der Waals surface area contributed by atoms with Crippen molar-refractivity contribution in [3.63, 3.8) is 0 Å². The van der Waals surface area contributed by atoms with E-state index in [1.807, 2.05) is 17.8 Å². The van der Waals surface area contributed by atoms with E-state index in [0.717, 1.165) is 16.9 Å². The summed E-state index contributed by atoms with van der Waals surface area (Å²) in [6.07, 6.45) is 1.78. The minimum Gasteiger partial charge on any atom is -0.387 e. The third-order valence-electron chi connectivity index (χ3n) is 2.09. The van der Waals surface area contributed by atoms with Crippen molar-refractivity contribution in [3.8, 4) is 0 Å². The second-order valence-corrected chi connectivity index (χ2v) is 3.44. The first-order valence-electron chi connectivity index (χ1n) is 4.61. The van der Waals surface area contributed by atoms with Crippen LogP contribution in [0.4, 0.5) is 5.69 Å². The highest BCUT2D eigenvalue weighted by molar-refractivity contribution is 5.73. The van der Waals surface area contributed by atoms with Crippen molar-refractivity contribution in [1.82, 2.24) is 20.0 Å². The van der Waals surface area contributed by atoms with Crippen molar-refractivity contribution in [2.75, 3.05) is 12.4 Å². The van der Waals surface area contributed by atoms with Crippen LogP contribution in [0.3, 0.4) is 0 Å². The number of hydrogen-bond donors (Lipinski definition) is 1. The van der Waals surface area contributed by atoms with Gasteiger partial charge in [-0.2, -0.15) is 0 Å². The van der Waals surface area contributed by atoms with Gasteiger partial charge in [0.05, 0.1) is 17.9 Å². The molecule has 0 radical (unpaired) electrons. The second-order valence-electron chi connectivity index (χ2n) is 3.44. The molecule has 74 valence electrons. The molecule has 0 unspecified atom stereocenters. The summed E-state index contributed by atoms with van der Waals surface area (Å²) < 4.78 is 1.81. The Labute approximate surface area is 82.1 Å². The normalized spacial score (nSPS) is 11.1. The average Bonchev–Trinajstić information content (AvgIpc) is 2.59. The Morgan fingerprint density at radius 3 is 2.86 bits per heavy atom. The number of aromatic nitrogens is 4. The third-order valence-corrected chi connectivity index (χ3v) is 2.09. The average molecular weight is 191 g/mol. The summed E-state index contributed by atoms with van der Waals surface area (Å²) in [5.41, 5.74) is 2.61. The van der Waals surface area contributed by atoms with Gasteiger partial charge in [-0.1, -0.05) is 5.21 Å². The third kappa shape index (κ3) is 1.30. The summed E-state index contributed by atoms with van der Waals surface area (Å²) in [4.78, 5) is 4.31. The van der Waals surface area contributed by atoms with Crippen LogP contribution < -0.4 is 5.32 Å². The molecule has 2 aromatic heterocycles. The molecule has 2 heterocycles. The summed E-state index contributed by atoms with van der Waals surface area (Å²) >= 11 is 0. The highest BCUT2D eigenvalue weighted by atomic mass is 15.4. The van der Waals surface area contributed by atoms with Gasteiger partial charge < -0.3 is 5.32 Å². The van der Waals surface area contributed by atoms with Crippen molar-refractivity contribution in [2.45, 2.75) is 19.9 Å². The van der Waals surface area contributed by atoms with Crippen molar-refractivity contribution in [1.29, 1.82) is 0 Å². The molecule has 0 aliphatic carbocycles. The zero-order chi connectivity index (χ0) is 10.1. The highest BCUT2D eigenvalue weighted by Crippen LogP contribution is 2.16. The quantitative estimate of drug-likeness (QED) is 0.780. The van der Waals surface area contributed by atoms with E-state index in [-0.39, 0.29) is 6.04 Å². The van der Waals surface area contributed by atoms with Gasteiger partial charge in [0.25, 0.3) is 0 Å². The van der Waals surface area contributed by atoms with Crippen LogP contribution in [0.15, 0.2) is 12.3 Å². The van der Waals surface area contributed by atoms with Gasteiger partial charge in [0.2, 0.25) is 0 Å². The molecular weight excluding hydrogens is 178 g/mol. The molecular formula is C9H13N5. The number of hydrogen-bond acceptors (Lipinski definition) is 4. The standard InChI is InChI=1S/C9H13N5/c1-6(2)14-9-8(12-13-14)4-7(10-3)5-11-9/h4-6,10H,1-3H3. The van der Waals surface area contributed by atoms with Crippen LogP contribution in [0.5, 0.6) is 0 Å². The summed E-state index contributed by atoms with van der Waals surface area (Å²) in [5.74, 6) is 0. The van der Waals surface area contributed by atoms with E-state index in [4.69, 9.17) is 0 Å². The fourth-order valence-corrected chi connectivity index (χ4v) is 1.32. The van der Waals surface area contributed by atoms with Crippen LogP contribution in [0.25, 0.3) is 11.2 Å². The lowest BCUT2D eigenvalue weighted by Crippen LogP contribution is -2.03.